The van der Waals surface area contributed by atoms with E-state index in [1.807, 2.05) is 0 Å². The maximum Gasteiger partial charge on any atom is 0.474 e. The summed E-state index contributed by atoms with van der Waals surface area (Å²) < 4.78 is 598. The van der Waals surface area contributed by atoms with Crippen molar-refractivity contribution in [1.82, 2.24) is 0 Å². The van der Waals surface area contributed by atoms with E-state index in [1.54, 1.807) is 0 Å². The van der Waals surface area contributed by atoms with Gasteiger partial charge in [0.1, 0.15) is 0 Å². The molecular formula is C26H12F43O4P. The summed E-state index contributed by atoms with van der Waals surface area (Å²) in [6.07, 6.45) is -36.7. The van der Waals surface area contributed by atoms with Gasteiger partial charge in [-0.2, -0.15) is 189 Å². The molecule has 0 spiro atoms. The molecule has 0 atom stereocenters. The first-order chi connectivity index (χ1) is 31.4. The zero-order chi connectivity index (χ0) is 60.9. The lowest BCUT2D eigenvalue weighted by Gasteiger charge is -2.42. The van der Waals surface area contributed by atoms with E-state index in [1.165, 1.54) is 0 Å². The molecule has 0 bridgehead atoms. The fraction of sp³-hybridized carbons (Fsp3) is 1.00. The topological polar surface area (TPSA) is 44.8 Å². The SMILES string of the molecule is O=P(OCCC(F)(F)C(F)(F)C(F)(F)C(F)(F)C(F)(F)C(F)(F)F)(OCCC(F)(F)C(F)(F)C(F)(F)C(F)(F)C(F)(F)C(F)(F)F)OCCC(F)(F)C(F)(F)C(F)(F)C(F)(F)C(F)(F)C(F)(F)C(F)(F)C(F)(F)F. The molecule has 0 unspecified atom stereocenters. The average Bonchev–Trinajstić information content (AvgIpc) is 3.15. The molecule has 0 aliphatic carbocycles. The lowest BCUT2D eigenvalue weighted by Crippen LogP contribution is -2.74. The van der Waals surface area contributed by atoms with Gasteiger partial charge < -0.3 is 0 Å². The minimum Gasteiger partial charge on any atom is -0.287 e. The minimum atomic E-state index is -9.39. The molecule has 446 valence electrons. The van der Waals surface area contributed by atoms with Crippen molar-refractivity contribution in [3.05, 3.63) is 0 Å². The van der Waals surface area contributed by atoms with Gasteiger partial charge in [0.25, 0.3) is 0 Å². The molecule has 0 N–H and O–H groups in total. The van der Waals surface area contributed by atoms with Crippen molar-refractivity contribution in [2.24, 2.45) is 0 Å². The molecule has 74 heavy (non-hydrogen) atoms. The van der Waals surface area contributed by atoms with Crippen LogP contribution >= 0.6 is 7.82 Å². The summed E-state index contributed by atoms with van der Waals surface area (Å²) in [6, 6.07) is 0. The van der Waals surface area contributed by atoms with Crippen molar-refractivity contribution in [1.29, 1.82) is 0 Å². The van der Waals surface area contributed by atoms with E-state index in [-0.39, 0.29) is 0 Å². The minimum absolute atomic E-state index is 3.09. The molecule has 0 rings (SSSR count). The average molecular weight is 1240 g/mol. The summed E-state index contributed by atoms with van der Waals surface area (Å²) in [5.41, 5.74) is 0. The number of rotatable bonds is 26. The Labute approximate surface area is 374 Å². The van der Waals surface area contributed by atoms with Crippen molar-refractivity contribution in [3.63, 3.8) is 0 Å². The Hall–Kier alpha value is -2.90. The summed E-state index contributed by atoms with van der Waals surface area (Å²) in [4.78, 5) is 0. The number of hydrogen-bond donors (Lipinski definition) is 0. The van der Waals surface area contributed by atoms with Crippen LogP contribution < -0.4 is 0 Å². The van der Waals surface area contributed by atoms with E-state index in [0.717, 1.165) is 0 Å². The molecule has 4 nitrogen and oxygen atoms in total. The number of phosphoric ester groups is 1. The van der Waals surface area contributed by atoms with Crippen LogP contribution in [-0.2, 0) is 18.1 Å². The molecule has 0 heterocycles. The van der Waals surface area contributed by atoms with Crippen LogP contribution in [0, 0.1) is 0 Å². The van der Waals surface area contributed by atoms with Crippen LogP contribution in [0.15, 0.2) is 0 Å². The first-order valence-electron chi connectivity index (χ1n) is 16.5. The number of hydrogen-bond acceptors (Lipinski definition) is 4. The fourth-order valence-corrected chi connectivity index (χ4v) is 5.41. The lowest BCUT2D eigenvalue weighted by atomic mass is 9.88. The van der Waals surface area contributed by atoms with Crippen LogP contribution in [0.4, 0.5) is 189 Å². The highest BCUT2D eigenvalue weighted by Crippen LogP contribution is 2.66. The van der Waals surface area contributed by atoms with Crippen LogP contribution in [0.3, 0.4) is 0 Å². The number of phosphoric acid groups is 1. The highest BCUT2D eigenvalue weighted by atomic mass is 31.2. The van der Waals surface area contributed by atoms with E-state index in [4.69, 9.17) is 0 Å². The Morgan fingerprint density at radius 1 is 0.203 bits per heavy atom. The quantitative estimate of drug-likeness (QED) is 0.0640. The summed E-state index contributed by atoms with van der Waals surface area (Å²) >= 11 is 0. The Kier molecular flexibility index (Phi) is 18.4. The summed E-state index contributed by atoms with van der Waals surface area (Å²) in [5, 5.41) is 0. The molecule has 0 saturated heterocycles. The number of alkyl halides is 43. The van der Waals surface area contributed by atoms with Gasteiger partial charge in [-0.3, -0.25) is 13.6 Å². The maximum absolute atomic E-state index is 14.3. The van der Waals surface area contributed by atoms with Gasteiger partial charge in [-0.25, -0.2) is 4.57 Å². The predicted octanol–water partition coefficient (Wildman–Crippen LogP) is 15.8. The highest BCUT2D eigenvalue weighted by Gasteiger charge is 2.96. The Morgan fingerprint density at radius 2 is 0.324 bits per heavy atom. The van der Waals surface area contributed by atoms with Crippen LogP contribution in [-0.4, -0.2) is 139 Å². The molecule has 0 radical (unpaired) electrons. The number of halogens is 43. The second-order valence-corrected chi connectivity index (χ2v) is 15.5. The third-order valence-electron chi connectivity index (χ3n) is 8.78. The van der Waals surface area contributed by atoms with Crippen molar-refractivity contribution >= 4 is 7.82 Å². The van der Waals surface area contributed by atoms with E-state index >= 15 is 0 Å². The predicted molar refractivity (Wildman–Crippen MR) is 142 cm³/mol. The molecule has 0 aromatic carbocycles. The third kappa shape index (κ3) is 10.6. The van der Waals surface area contributed by atoms with E-state index in [0.29, 0.717) is 0 Å². The van der Waals surface area contributed by atoms with Crippen molar-refractivity contribution < 1.29 is 207 Å². The van der Waals surface area contributed by atoms with Crippen LogP contribution in [0.1, 0.15) is 19.3 Å². The van der Waals surface area contributed by atoms with Crippen LogP contribution in [0.5, 0.6) is 0 Å². The fourth-order valence-electron chi connectivity index (χ4n) is 4.24. The third-order valence-corrected chi connectivity index (χ3v) is 10.3. The molecule has 0 aliphatic rings. The van der Waals surface area contributed by atoms with Crippen LogP contribution in [0.2, 0.25) is 0 Å². The molecule has 0 saturated carbocycles. The monoisotopic (exact) mass is 1240 g/mol. The van der Waals surface area contributed by atoms with E-state index in [9.17, 15) is 193 Å². The highest BCUT2D eigenvalue weighted by molar-refractivity contribution is 7.48. The van der Waals surface area contributed by atoms with Gasteiger partial charge in [-0.05, 0) is 0 Å². The molecule has 0 aliphatic heterocycles. The molecule has 0 amide bonds. The second kappa shape index (κ2) is 19.2. The molecule has 0 fully saturated rings. The summed E-state index contributed by atoms with van der Waals surface area (Å²) in [7, 11) is -7.72. The van der Waals surface area contributed by atoms with Gasteiger partial charge in [0.05, 0.1) is 19.8 Å². The first-order valence-corrected chi connectivity index (χ1v) is 18.0. The van der Waals surface area contributed by atoms with E-state index in [2.05, 4.69) is 13.6 Å². The van der Waals surface area contributed by atoms with E-state index < -0.39 is 166 Å². The van der Waals surface area contributed by atoms with Gasteiger partial charge in [0.15, 0.2) is 0 Å². The molecule has 0 aromatic heterocycles. The molecule has 0 aromatic rings. The van der Waals surface area contributed by atoms with Gasteiger partial charge >= 0.3 is 127 Å². The van der Waals surface area contributed by atoms with Gasteiger partial charge in [0, 0.05) is 19.3 Å². The normalized spacial score (nSPS) is 16.9. The van der Waals surface area contributed by atoms with Crippen molar-refractivity contribution in [2.75, 3.05) is 19.8 Å². The van der Waals surface area contributed by atoms with Crippen molar-refractivity contribution in [2.45, 2.75) is 138 Å². The first kappa shape index (κ1) is 71.1. The largest absolute Gasteiger partial charge is 0.474 e. The Morgan fingerprint density at radius 3 is 0.459 bits per heavy atom. The zero-order valence-electron chi connectivity index (χ0n) is 32.6. The maximum atomic E-state index is 14.3. The Balaban J connectivity index is 7.40. The smallest absolute Gasteiger partial charge is 0.287 e. The molecule has 48 heteroatoms. The van der Waals surface area contributed by atoms with Gasteiger partial charge in [-0.1, -0.05) is 0 Å². The second-order valence-electron chi connectivity index (χ2n) is 13.8. The summed E-state index contributed by atoms with van der Waals surface area (Å²) in [5.74, 6) is -147. The van der Waals surface area contributed by atoms with Crippen LogP contribution in [0.25, 0.3) is 0 Å². The standard InChI is InChI=1S/C26H12F43O4P/c27-7(28,10(33,34)13(39,40)16(45,46)17(47,48)20(53,54)23(59,60)26(67,68)69)1-4-71-74(70,72-5-2-8(29,30)11(35,36)14(41,42)18(49,50)21(55,56)24(61,62)63)73-6-3-9(31,32)12(37,38)15(43,44)19(51,52)22(57,58)25(64,65)66/h1-6H2. The van der Waals surface area contributed by atoms with Gasteiger partial charge in [-0.15, -0.1) is 0 Å². The Bertz CT molecular complexity index is 1890. The molecular weight excluding hydrogens is 1220 g/mol. The zero-order valence-corrected chi connectivity index (χ0v) is 33.5. The lowest BCUT2D eigenvalue weighted by molar-refractivity contribution is -0.461. The summed E-state index contributed by atoms with van der Waals surface area (Å²) in [6.45, 7) is -10.7. The van der Waals surface area contributed by atoms with Crippen molar-refractivity contribution in [3.8, 4) is 0 Å². The van der Waals surface area contributed by atoms with Gasteiger partial charge in [0.2, 0.25) is 0 Å².